The lowest BCUT2D eigenvalue weighted by atomic mass is 9.67. The number of methoxy groups -OCH3 is 1. The van der Waals surface area contributed by atoms with Gasteiger partial charge in [-0.1, -0.05) is 30.3 Å². The average molecular weight is 508 g/mol. The molecule has 1 N–H and O–H groups in total. The maximum absolute atomic E-state index is 14.3. The Morgan fingerprint density at radius 2 is 1.70 bits per heavy atom. The summed E-state index contributed by atoms with van der Waals surface area (Å²) < 4.78 is 30.0. The molecular weight excluding hydrogens is 477 g/mol. The number of nitrogens with one attached hydrogen (secondary N) is 1. The molecule has 0 saturated heterocycles. The maximum atomic E-state index is 14.3. The lowest BCUT2D eigenvalue weighted by Gasteiger charge is -2.39. The first-order valence-electron chi connectivity index (χ1n) is 12.3. The largest absolute Gasteiger partial charge is 0.496 e. The van der Waals surface area contributed by atoms with Gasteiger partial charge < -0.3 is 19.5 Å². The van der Waals surface area contributed by atoms with Crippen molar-refractivity contribution in [2.24, 2.45) is 5.92 Å². The predicted molar refractivity (Wildman–Crippen MR) is 134 cm³/mol. The number of carbonyl (C=O) groups excluding carboxylic acids is 3. The Labute approximate surface area is 215 Å². The molecule has 0 radical (unpaired) electrons. The summed E-state index contributed by atoms with van der Waals surface area (Å²) in [4.78, 5) is 40.6. The van der Waals surface area contributed by atoms with E-state index in [1.807, 2.05) is 18.2 Å². The summed E-state index contributed by atoms with van der Waals surface area (Å²) in [5.41, 5.74) is 2.92. The fourth-order valence-corrected chi connectivity index (χ4v) is 5.27. The van der Waals surface area contributed by atoms with Crippen LogP contribution in [0, 0.1) is 11.7 Å². The SMILES string of the molecule is CCOC(=O)C1=C(C)NC2=C(C(=O)[C@H](C(=O)OCC)[C@@H](c3ccccc3OC)C2)[C@@H]1c1ccc(F)cc1. The van der Waals surface area contributed by atoms with Gasteiger partial charge in [0.25, 0.3) is 0 Å². The van der Waals surface area contributed by atoms with Crippen molar-refractivity contribution in [1.29, 1.82) is 0 Å². The number of esters is 2. The van der Waals surface area contributed by atoms with E-state index in [9.17, 15) is 18.8 Å². The molecule has 2 aliphatic rings. The van der Waals surface area contributed by atoms with E-state index in [2.05, 4.69) is 5.32 Å². The zero-order valence-electron chi connectivity index (χ0n) is 21.3. The van der Waals surface area contributed by atoms with Crippen LogP contribution in [-0.4, -0.2) is 38.0 Å². The number of carbonyl (C=O) groups is 3. The number of benzene rings is 2. The summed E-state index contributed by atoms with van der Waals surface area (Å²) in [6.07, 6.45) is 0.302. The Balaban J connectivity index is 1.91. The third-order valence-corrected chi connectivity index (χ3v) is 6.80. The van der Waals surface area contributed by atoms with Gasteiger partial charge in [-0.2, -0.15) is 0 Å². The first-order valence-corrected chi connectivity index (χ1v) is 12.3. The molecule has 0 bridgehead atoms. The summed E-state index contributed by atoms with van der Waals surface area (Å²) in [7, 11) is 1.54. The third-order valence-electron chi connectivity index (χ3n) is 6.80. The van der Waals surface area contributed by atoms with Gasteiger partial charge in [-0.05, 0) is 56.5 Å². The average Bonchev–Trinajstić information content (AvgIpc) is 2.88. The van der Waals surface area contributed by atoms with Gasteiger partial charge in [0.05, 0.1) is 25.9 Å². The summed E-state index contributed by atoms with van der Waals surface area (Å²) >= 11 is 0. The van der Waals surface area contributed by atoms with Crippen LogP contribution < -0.4 is 10.1 Å². The van der Waals surface area contributed by atoms with Crippen LogP contribution in [0.5, 0.6) is 5.75 Å². The van der Waals surface area contributed by atoms with Gasteiger partial charge in [0, 0.05) is 28.8 Å². The van der Waals surface area contributed by atoms with Crippen LogP contribution in [0.1, 0.15) is 50.2 Å². The van der Waals surface area contributed by atoms with Crippen molar-refractivity contribution in [2.75, 3.05) is 20.3 Å². The van der Waals surface area contributed by atoms with Gasteiger partial charge in [0.2, 0.25) is 0 Å². The van der Waals surface area contributed by atoms with Gasteiger partial charge in [-0.25, -0.2) is 9.18 Å². The lowest BCUT2D eigenvalue weighted by molar-refractivity contribution is -0.152. The predicted octanol–water partition coefficient (Wildman–Crippen LogP) is 4.55. The maximum Gasteiger partial charge on any atom is 0.336 e. The molecule has 37 heavy (non-hydrogen) atoms. The van der Waals surface area contributed by atoms with Crippen molar-refractivity contribution in [3.8, 4) is 5.75 Å². The van der Waals surface area contributed by atoms with Gasteiger partial charge >= 0.3 is 11.9 Å². The molecule has 1 heterocycles. The molecule has 1 aliphatic heterocycles. The molecule has 0 fully saturated rings. The third kappa shape index (κ3) is 4.88. The number of ketones is 1. The van der Waals surface area contributed by atoms with Crippen molar-refractivity contribution < 1.29 is 33.0 Å². The Kier molecular flexibility index (Phi) is 7.76. The normalized spacial score (nSPS) is 21.2. The Bertz CT molecular complexity index is 1280. The van der Waals surface area contributed by atoms with Crippen LogP contribution >= 0.6 is 0 Å². The Morgan fingerprint density at radius 3 is 2.35 bits per heavy atom. The van der Waals surface area contributed by atoms with E-state index in [-0.39, 0.29) is 24.4 Å². The van der Waals surface area contributed by atoms with Crippen molar-refractivity contribution >= 4 is 17.7 Å². The van der Waals surface area contributed by atoms with E-state index in [1.54, 1.807) is 39.0 Å². The Hall–Kier alpha value is -3.94. The quantitative estimate of drug-likeness (QED) is 0.434. The molecule has 7 nitrogen and oxygen atoms in total. The van der Waals surface area contributed by atoms with Crippen molar-refractivity contribution in [3.63, 3.8) is 0 Å². The molecule has 0 spiro atoms. The highest BCUT2D eigenvalue weighted by molar-refractivity contribution is 6.13. The second kappa shape index (κ2) is 11.0. The van der Waals surface area contributed by atoms with E-state index < -0.39 is 41.3 Å². The number of halogens is 1. The molecule has 194 valence electrons. The minimum Gasteiger partial charge on any atom is -0.496 e. The molecule has 2 aromatic carbocycles. The number of dihydropyridines is 1. The lowest BCUT2D eigenvalue weighted by Crippen LogP contribution is -2.43. The van der Waals surface area contributed by atoms with Crippen molar-refractivity contribution in [1.82, 2.24) is 5.32 Å². The van der Waals surface area contributed by atoms with Crippen LogP contribution in [-0.2, 0) is 23.9 Å². The minimum absolute atomic E-state index is 0.111. The number of ether oxygens (including phenoxy) is 3. The summed E-state index contributed by atoms with van der Waals surface area (Å²) in [6.45, 7) is 5.38. The summed E-state index contributed by atoms with van der Waals surface area (Å²) in [5, 5.41) is 3.25. The van der Waals surface area contributed by atoms with Crippen LogP contribution in [0.15, 0.2) is 71.1 Å². The Morgan fingerprint density at radius 1 is 1.03 bits per heavy atom. The first-order chi connectivity index (χ1) is 17.8. The number of allylic oxidation sites excluding steroid dienone is 3. The highest BCUT2D eigenvalue weighted by Gasteiger charge is 2.49. The highest BCUT2D eigenvalue weighted by Crippen LogP contribution is 2.49. The number of hydrogen-bond acceptors (Lipinski definition) is 7. The van der Waals surface area contributed by atoms with Crippen molar-refractivity contribution in [2.45, 2.75) is 39.0 Å². The molecule has 2 aromatic rings. The highest BCUT2D eigenvalue weighted by atomic mass is 19.1. The second-order valence-electron chi connectivity index (χ2n) is 8.91. The molecular formula is C29H30FNO6. The molecule has 8 heteroatoms. The van der Waals surface area contributed by atoms with Crippen LogP contribution in [0.4, 0.5) is 4.39 Å². The van der Waals surface area contributed by atoms with Gasteiger partial charge in [0.15, 0.2) is 5.78 Å². The standard InChI is InChI=1S/C29H30FNO6/c1-5-36-28(33)23-16(3)31-21-15-20(19-9-7-8-10-22(19)35-4)25(29(34)37-6-2)27(32)26(21)24(23)17-11-13-18(30)14-12-17/h7-14,20,24-25,31H,5-6,15H2,1-4H3/t20-,24-,25-/m1/s1. The first kappa shape index (κ1) is 26.1. The smallest absolute Gasteiger partial charge is 0.336 e. The summed E-state index contributed by atoms with van der Waals surface area (Å²) in [6, 6.07) is 12.9. The number of Topliss-reactive ketones (excluding diaryl/α,β-unsaturated/α-hetero) is 1. The van der Waals surface area contributed by atoms with E-state index in [1.165, 1.54) is 19.2 Å². The monoisotopic (exact) mass is 507 g/mol. The molecule has 0 aromatic heterocycles. The second-order valence-corrected chi connectivity index (χ2v) is 8.91. The number of hydrogen-bond donors (Lipinski definition) is 1. The van der Waals surface area contributed by atoms with Gasteiger partial charge in [-0.3, -0.25) is 9.59 Å². The fraction of sp³-hybridized carbons (Fsp3) is 0.345. The van der Waals surface area contributed by atoms with Crippen molar-refractivity contribution in [3.05, 3.63) is 88.0 Å². The number of rotatable bonds is 7. The van der Waals surface area contributed by atoms with Crippen LogP contribution in [0.2, 0.25) is 0 Å². The number of para-hydroxylation sites is 1. The topological polar surface area (TPSA) is 90.9 Å². The van der Waals surface area contributed by atoms with E-state index >= 15 is 0 Å². The molecule has 0 unspecified atom stereocenters. The molecule has 0 amide bonds. The van der Waals surface area contributed by atoms with Crippen LogP contribution in [0.3, 0.4) is 0 Å². The van der Waals surface area contributed by atoms with E-state index in [0.717, 1.165) is 0 Å². The zero-order valence-corrected chi connectivity index (χ0v) is 21.3. The summed E-state index contributed by atoms with van der Waals surface area (Å²) in [5.74, 6) is -4.10. The van der Waals surface area contributed by atoms with E-state index in [4.69, 9.17) is 14.2 Å². The van der Waals surface area contributed by atoms with E-state index in [0.29, 0.717) is 34.7 Å². The fourth-order valence-electron chi connectivity index (χ4n) is 5.27. The molecule has 1 aliphatic carbocycles. The van der Waals surface area contributed by atoms with Gasteiger partial charge in [-0.15, -0.1) is 0 Å². The molecule has 4 rings (SSSR count). The molecule has 3 atom stereocenters. The van der Waals surface area contributed by atoms with Gasteiger partial charge in [0.1, 0.15) is 17.5 Å². The zero-order chi connectivity index (χ0) is 26.7. The molecule has 0 saturated carbocycles. The van der Waals surface area contributed by atoms with Crippen LogP contribution in [0.25, 0.3) is 0 Å². The minimum atomic E-state index is -1.15.